The number of hydrogen-bond donors (Lipinski definition) is 3. The molecule has 0 bridgehead atoms. The number of carbonyl (C=O) groups is 2. The molecule has 0 aliphatic carbocycles. The van der Waals surface area contributed by atoms with Gasteiger partial charge in [-0.25, -0.2) is 4.79 Å². The van der Waals surface area contributed by atoms with Gasteiger partial charge in [0.15, 0.2) is 6.04 Å². The van der Waals surface area contributed by atoms with E-state index in [2.05, 4.69) is 10.6 Å². The number of carboxylic acid groups (broad SMARTS) is 1. The fourth-order valence-electron chi connectivity index (χ4n) is 1.40. The van der Waals surface area contributed by atoms with Crippen molar-refractivity contribution in [1.29, 1.82) is 0 Å². The molecule has 5 nitrogen and oxygen atoms in total. The second-order valence-electron chi connectivity index (χ2n) is 3.60. The molecule has 1 rings (SSSR count). The first-order chi connectivity index (χ1) is 8.15. The number of benzene rings is 1. The van der Waals surface area contributed by atoms with Gasteiger partial charge in [0.1, 0.15) is 0 Å². The van der Waals surface area contributed by atoms with Crippen LogP contribution in [0.5, 0.6) is 0 Å². The summed E-state index contributed by atoms with van der Waals surface area (Å²) in [4.78, 5) is 22.6. The summed E-state index contributed by atoms with van der Waals surface area (Å²) >= 11 is 0. The zero-order chi connectivity index (χ0) is 12.7. The van der Waals surface area contributed by atoms with Crippen molar-refractivity contribution in [3.63, 3.8) is 0 Å². The van der Waals surface area contributed by atoms with Crippen molar-refractivity contribution in [2.45, 2.75) is 12.5 Å². The van der Waals surface area contributed by atoms with Crippen molar-refractivity contribution in [2.75, 3.05) is 13.6 Å². The fraction of sp³-hybridized carbons (Fsp3) is 0.333. The van der Waals surface area contributed by atoms with E-state index in [4.69, 9.17) is 5.11 Å². The lowest BCUT2D eigenvalue weighted by Gasteiger charge is -2.14. The standard InChI is InChI=1S/C12H16N2O3/c1-13-8-7-10(15)14-11(12(16)17)9-5-3-2-4-6-9/h2-6,11,13H,7-8H2,1H3,(H,14,15)(H,16,17)/t11-/m0/s1. The molecule has 0 spiro atoms. The maximum absolute atomic E-state index is 11.5. The van der Waals surface area contributed by atoms with E-state index in [9.17, 15) is 9.59 Å². The topological polar surface area (TPSA) is 78.4 Å². The first-order valence-electron chi connectivity index (χ1n) is 5.37. The highest BCUT2D eigenvalue weighted by atomic mass is 16.4. The van der Waals surface area contributed by atoms with Gasteiger partial charge in [-0.1, -0.05) is 30.3 Å². The minimum absolute atomic E-state index is 0.257. The summed E-state index contributed by atoms with van der Waals surface area (Å²) in [5.74, 6) is -1.34. The molecule has 1 atom stereocenters. The van der Waals surface area contributed by atoms with Crippen LogP contribution in [0.1, 0.15) is 18.0 Å². The van der Waals surface area contributed by atoms with Crippen LogP contribution in [0.25, 0.3) is 0 Å². The molecule has 0 aromatic heterocycles. The van der Waals surface area contributed by atoms with Gasteiger partial charge in [0.05, 0.1) is 0 Å². The van der Waals surface area contributed by atoms with E-state index in [1.807, 2.05) is 0 Å². The molecule has 0 unspecified atom stereocenters. The van der Waals surface area contributed by atoms with E-state index < -0.39 is 12.0 Å². The molecule has 92 valence electrons. The highest BCUT2D eigenvalue weighted by Crippen LogP contribution is 2.12. The fourth-order valence-corrected chi connectivity index (χ4v) is 1.40. The number of carboxylic acids is 1. The number of carbonyl (C=O) groups excluding carboxylic acids is 1. The van der Waals surface area contributed by atoms with E-state index in [1.165, 1.54) is 0 Å². The maximum Gasteiger partial charge on any atom is 0.330 e. The van der Waals surface area contributed by atoms with Gasteiger partial charge in [-0.3, -0.25) is 4.79 Å². The average molecular weight is 236 g/mol. The first kappa shape index (κ1) is 13.2. The Morgan fingerprint density at radius 2 is 1.94 bits per heavy atom. The Morgan fingerprint density at radius 1 is 1.29 bits per heavy atom. The number of rotatable bonds is 6. The monoisotopic (exact) mass is 236 g/mol. The van der Waals surface area contributed by atoms with Crippen molar-refractivity contribution < 1.29 is 14.7 Å². The normalized spacial score (nSPS) is 11.8. The van der Waals surface area contributed by atoms with Crippen LogP contribution in [-0.2, 0) is 9.59 Å². The van der Waals surface area contributed by atoms with Gasteiger partial charge in [0, 0.05) is 13.0 Å². The number of aliphatic carboxylic acids is 1. The molecule has 5 heteroatoms. The second kappa shape index (κ2) is 6.65. The van der Waals surface area contributed by atoms with Gasteiger partial charge in [0.25, 0.3) is 0 Å². The quantitative estimate of drug-likeness (QED) is 0.673. The zero-order valence-corrected chi connectivity index (χ0v) is 9.64. The van der Waals surface area contributed by atoms with Crippen LogP contribution in [0.4, 0.5) is 0 Å². The summed E-state index contributed by atoms with van der Waals surface area (Å²) in [6, 6.07) is 7.65. The molecule has 1 amide bonds. The number of hydrogen-bond acceptors (Lipinski definition) is 3. The highest BCUT2D eigenvalue weighted by molar-refractivity contribution is 5.84. The molecule has 0 aliphatic heterocycles. The minimum Gasteiger partial charge on any atom is -0.479 e. The van der Waals surface area contributed by atoms with Gasteiger partial charge < -0.3 is 15.7 Å². The smallest absolute Gasteiger partial charge is 0.330 e. The Morgan fingerprint density at radius 3 is 2.47 bits per heavy atom. The second-order valence-corrected chi connectivity index (χ2v) is 3.60. The summed E-state index contributed by atoms with van der Waals surface area (Å²) in [6.45, 7) is 0.521. The third-order valence-electron chi connectivity index (χ3n) is 2.29. The van der Waals surface area contributed by atoms with Crippen LogP contribution in [-0.4, -0.2) is 30.6 Å². The predicted octanol–water partition coefficient (Wildman–Crippen LogP) is 0.538. The van der Waals surface area contributed by atoms with Crippen LogP contribution in [0, 0.1) is 0 Å². The first-order valence-corrected chi connectivity index (χ1v) is 5.37. The summed E-state index contributed by atoms with van der Waals surface area (Å²) in [5.41, 5.74) is 0.567. The molecule has 3 N–H and O–H groups in total. The van der Waals surface area contributed by atoms with Crippen molar-refractivity contribution in [3.05, 3.63) is 35.9 Å². The summed E-state index contributed by atoms with van der Waals surface area (Å²) in [5, 5.41) is 14.4. The Labute approximate surface area is 99.8 Å². The molecule has 0 saturated carbocycles. The zero-order valence-electron chi connectivity index (χ0n) is 9.64. The van der Waals surface area contributed by atoms with Gasteiger partial charge in [-0.05, 0) is 12.6 Å². The highest BCUT2D eigenvalue weighted by Gasteiger charge is 2.21. The molecular weight excluding hydrogens is 220 g/mol. The summed E-state index contributed by atoms with van der Waals surface area (Å²) in [6.07, 6.45) is 0.257. The van der Waals surface area contributed by atoms with Crippen LogP contribution in [0.2, 0.25) is 0 Å². The van der Waals surface area contributed by atoms with Gasteiger partial charge in [-0.15, -0.1) is 0 Å². The minimum atomic E-state index is -1.06. The van der Waals surface area contributed by atoms with E-state index in [-0.39, 0.29) is 12.3 Å². The van der Waals surface area contributed by atoms with Crippen molar-refractivity contribution >= 4 is 11.9 Å². The lowest BCUT2D eigenvalue weighted by atomic mass is 10.1. The van der Waals surface area contributed by atoms with Crippen molar-refractivity contribution in [3.8, 4) is 0 Å². The number of nitrogens with one attached hydrogen (secondary N) is 2. The van der Waals surface area contributed by atoms with Gasteiger partial charge in [-0.2, -0.15) is 0 Å². The molecule has 0 heterocycles. The lowest BCUT2D eigenvalue weighted by Crippen LogP contribution is -2.34. The molecule has 1 aromatic rings. The summed E-state index contributed by atoms with van der Waals surface area (Å²) in [7, 11) is 1.74. The van der Waals surface area contributed by atoms with Crippen molar-refractivity contribution in [2.24, 2.45) is 0 Å². The van der Waals surface area contributed by atoms with E-state index in [0.717, 1.165) is 0 Å². The van der Waals surface area contributed by atoms with E-state index in [1.54, 1.807) is 37.4 Å². The van der Waals surface area contributed by atoms with Gasteiger partial charge in [0.2, 0.25) is 5.91 Å². The summed E-state index contributed by atoms with van der Waals surface area (Å²) < 4.78 is 0. The largest absolute Gasteiger partial charge is 0.479 e. The molecule has 0 saturated heterocycles. The third kappa shape index (κ3) is 4.24. The Bertz CT molecular complexity index is 379. The Balaban J connectivity index is 2.68. The van der Waals surface area contributed by atoms with Crippen molar-refractivity contribution in [1.82, 2.24) is 10.6 Å². The Hall–Kier alpha value is -1.88. The SMILES string of the molecule is CNCCC(=O)N[C@H](C(=O)O)c1ccccc1. The number of amides is 1. The van der Waals surface area contributed by atoms with Crippen LogP contribution in [0.15, 0.2) is 30.3 Å². The molecule has 1 aromatic carbocycles. The lowest BCUT2D eigenvalue weighted by molar-refractivity contribution is -0.142. The van der Waals surface area contributed by atoms with Crippen LogP contribution in [0.3, 0.4) is 0 Å². The predicted molar refractivity (Wildman–Crippen MR) is 63.5 cm³/mol. The molecular formula is C12H16N2O3. The van der Waals surface area contributed by atoms with E-state index in [0.29, 0.717) is 12.1 Å². The maximum atomic E-state index is 11.5. The van der Waals surface area contributed by atoms with Crippen LogP contribution >= 0.6 is 0 Å². The molecule has 0 aliphatic rings. The van der Waals surface area contributed by atoms with E-state index >= 15 is 0 Å². The van der Waals surface area contributed by atoms with Gasteiger partial charge >= 0.3 is 5.97 Å². The average Bonchev–Trinajstić information content (AvgIpc) is 2.34. The molecule has 0 fully saturated rings. The third-order valence-corrected chi connectivity index (χ3v) is 2.29. The van der Waals surface area contributed by atoms with Crippen LogP contribution < -0.4 is 10.6 Å². The Kier molecular flexibility index (Phi) is 5.16. The molecule has 0 radical (unpaired) electrons. The molecule has 17 heavy (non-hydrogen) atoms.